The van der Waals surface area contributed by atoms with Gasteiger partial charge >= 0.3 is 0 Å². The summed E-state index contributed by atoms with van der Waals surface area (Å²) in [4.78, 5) is 0. The Bertz CT molecular complexity index is 349. The molecule has 2 N–H and O–H groups in total. The van der Waals surface area contributed by atoms with Crippen LogP contribution in [0.1, 0.15) is 12.8 Å². The van der Waals surface area contributed by atoms with Gasteiger partial charge in [-0.2, -0.15) is 0 Å². The molecule has 1 aromatic carbocycles. The molecule has 0 atom stereocenters. The van der Waals surface area contributed by atoms with Gasteiger partial charge in [0.2, 0.25) is 0 Å². The van der Waals surface area contributed by atoms with Crippen molar-refractivity contribution < 1.29 is 8.78 Å². The normalized spacial score (nSPS) is 17.4. The molecule has 1 aliphatic heterocycles. The lowest BCUT2D eigenvalue weighted by Crippen LogP contribution is -2.31. The highest BCUT2D eigenvalue weighted by atomic mass is 19.2. The third-order valence-electron chi connectivity index (χ3n) is 2.97. The highest BCUT2D eigenvalue weighted by Crippen LogP contribution is 2.16. The fourth-order valence-corrected chi connectivity index (χ4v) is 1.95. The molecule has 4 heteroatoms. The molecule has 0 aromatic heterocycles. The number of benzene rings is 1. The number of nitrogens with one attached hydrogen (secondary N) is 2. The molecule has 1 fully saturated rings. The van der Waals surface area contributed by atoms with Gasteiger partial charge in [0.25, 0.3) is 0 Å². The Morgan fingerprint density at radius 2 is 1.94 bits per heavy atom. The number of piperidine rings is 1. The maximum Gasteiger partial charge on any atom is 0.160 e. The minimum atomic E-state index is -0.799. The molecule has 0 spiro atoms. The van der Waals surface area contributed by atoms with Gasteiger partial charge < -0.3 is 10.6 Å². The lowest BCUT2D eigenvalue weighted by Gasteiger charge is -2.23. The molecule has 0 bridgehead atoms. The summed E-state index contributed by atoms with van der Waals surface area (Å²) in [5, 5.41) is 6.44. The van der Waals surface area contributed by atoms with Crippen molar-refractivity contribution in [1.82, 2.24) is 5.32 Å². The van der Waals surface area contributed by atoms with E-state index in [9.17, 15) is 8.78 Å². The summed E-state index contributed by atoms with van der Waals surface area (Å²) < 4.78 is 25.6. The standard InChI is InChI=1S/C12H16F2N2/c13-11-2-1-10(7-12(11)14)16-8-9-3-5-15-6-4-9/h1-2,7,9,15-16H,3-6,8H2. The molecule has 1 saturated heterocycles. The summed E-state index contributed by atoms with van der Waals surface area (Å²) >= 11 is 0. The van der Waals surface area contributed by atoms with Crippen LogP contribution in [0.25, 0.3) is 0 Å². The van der Waals surface area contributed by atoms with Crippen LogP contribution in [0.15, 0.2) is 18.2 Å². The molecular weight excluding hydrogens is 210 g/mol. The molecule has 1 aliphatic rings. The van der Waals surface area contributed by atoms with Crippen LogP contribution in [0.3, 0.4) is 0 Å². The number of hydrogen-bond donors (Lipinski definition) is 2. The van der Waals surface area contributed by atoms with Gasteiger partial charge in [0.15, 0.2) is 11.6 Å². The van der Waals surface area contributed by atoms with Crippen molar-refractivity contribution in [1.29, 1.82) is 0 Å². The largest absolute Gasteiger partial charge is 0.385 e. The Morgan fingerprint density at radius 1 is 1.19 bits per heavy atom. The van der Waals surface area contributed by atoms with E-state index < -0.39 is 11.6 Å². The van der Waals surface area contributed by atoms with E-state index in [1.807, 2.05) is 0 Å². The summed E-state index contributed by atoms with van der Waals surface area (Å²) in [6, 6.07) is 3.93. The van der Waals surface area contributed by atoms with Gasteiger partial charge in [-0.25, -0.2) is 8.78 Å². The Hall–Kier alpha value is -1.16. The van der Waals surface area contributed by atoms with E-state index in [4.69, 9.17) is 0 Å². The highest BCUT2D eigenvalue weighted by Gasteiger charge is 2.12. The van der Waals surface area contributed by atoms with Gasteiger partial charge in [-0.1, -0.05) is 0 Å². The van der Waals surface area contributed by atoms with Gasteiger partial charge in [0.1, 0.15) is 0 Å². The second-order valence-corrected chi connectivity index (χ2v) is 4.20. The van der Waals surface area contributed by atoms with E-state index >= 15 is 0 Å². The summed E-state index contributed by atoms with van der Waals surface area (Å²) in [7, 11) is 0. The van der Waals surface area contributed by atoms with Crippen molar-refractivity contribution in [2.24, 2.45) is 5.92 Å². The van der Waals surface area contributed by atoms with Crippen LogP contribution in [0.5, 0.6) is 0 Å². The SMILES string of the molecule is Fc1ccc(NCC2CCNCC2)cc1F. The van der Waals surface area contributed by atoms with Crippen molar-refractivity contribution in [3.8, 4) is 0 Å². The van der Waals surface area contributed by atoms with E-state index in [1.165, 1.54) is 6.07 Å². The molecule has 16 heavy (non-hydrogen) atoms. The first-order chi connectivity index (χ1) is 7.75. The number of hydrogen-bond acceptors (Lipinski definition) is 2. The van der Waals surface area contributed by atoms with Gasteiger partial charge in [0.05, 0.1) is 0 Å². The first kappa shape index (κ1) is 11.3. The molecule has 2 rings (SSSR count). The lowest BCUT2D eigenvalue weighted by molar-refractivity contribution is 0.390. The van der Waals surface area contributed by atoms with Crippen molar-refractivity contribution in [3.05, 3.63) is 29.8 Å². The van der Waals surface area contributed by atoms with Crippen LogP contribution in [0.4, 0.5) is 14.5 Å². The van der Waals surface area contributed by atoms with E-state index in [2.05, 4.69) is 10.6 Å². The second-order valence-electron chi connectivity index (χ2n) is 4.20. The number of anilines is 1. The van der Waals surface area contributed by atoms with Crippen LogP contribution < -0.4 is 10.6 Å². The van der Waals surface area contributed by atoms with Gasteiger partial charge in [-0.3, -0.25) is 0 Å². The summed E-state index contributed by atoms with van der Waals surface area (Å²) in [5.74, 6) is -0.975. The predicted molar refractivity (Wildman–Crippen MR) is 60.4 cm³/mol. The second kappa shape index (κ2) is 5.25. The maximum atomic E-state index is 12.9. The van der Waals surface area contributed by atoms with Crippen LogP contribution in [0.2, 0.25) is 0 Å². The molecule has 1 heterocycles. The first-order valence-electron chi connectivity index (χ1n) is 5.65. The number of rotatable bonds is 3. The fraction of sp³-hybridized carbons (Fsp3) is 0.500. The molecule has 0 unspecified atom stereocenters. The minimum Gasteiger partial charge on any atom is -0.385 e. The zero-order valence-electron chi connectivity index (χ0n) is 9.10. The molecule has 0 aliphatic carbocycles. The molecule has 2 nitrogen and oxygen atoms in total. The maximum absolute atomic E-state index is 12.9. The van der Waals surface area contributed by atoms with Crippen molar-refractivity contribution in [3.63, 3.8) is 0 Å². The van der Waals surface area contributed by atoms with Crippen molar-refractivity contribution in [2.75, 3.05) is 25.0 Å². The summed E-state index contributed by atoms with van der Waals surface area (Å²) in [5.41, 5.74) is 0.650. The van der Waals surface area contributed by atoms with E-state index in [0.29, 0.717) is 11.6 Å². The summed E-state index contributed by atoms with van der Waals surface area (Å²) in [6.45, 7) is 2.92. The van der Waals surface area contributed by atoms with Gasteiger partial charge in [-0.05, 0) is 50.0 Å². The lowest BCUT2D eigenvalue weighted by atomic mass is 9.98. The average molecular weight is 226 g/mol. The van der Waals surface area contributed by atoms with Crippen molar-refractivity contribution >= 4 is 5.69 Å². The Morgan fingerprint density at radius 3 is 2.62 bits per heavy atom. The smallest absolute Gasteiger partial charge is 0.160 e. The quantitative estimate of drug-likeness (QED) is 0.826. The van der Waals surface area contributed by atoms with Crippen LogP contribution in [0, 0.1) is 17.6 Å². The topological polar surface area (TPSA) is 24.1 Å². The molecule has 1 aromatic rings. The Balaban J connectivity index is 1.86. The fourth-order valence-electron chi connectivity index (χ4n) is 1.95. The van der Waals surface area contributed by atoms with Gasteiger partial charge in [0, 0.05) is 12.2 Å². The third-order valence-corrected chi connectivity index (χ3v) is 2.97. The first-order valence-corrected chi connectivity index (χ1v) is 5.65. The number of halogens is 2. The molecule has 0 saturated carbocycles. The molecule has 0 radical (unpaired) electrons. The van der Waals surface area contributed by atoms with E-state index in [-0.39, 0.29) is 0 Å². The Kier molecular flexibility index (Phi) is 3.72. The average Bonchev–Trinajstić information content (AvgIpc) is 2.32. The van der Waals surface area contributed by atoms with Crippen molar-refractivity contribution in [2.45, 2.75) is 12.8 Å². The zero-order chi connectivity index (χ0) is 11.4. The Labute approximate surface area is 94.0 Å². The highest BCUT2D eigenvalue weighted by molar-refractivity contribution is 5.43. The summed E-state index contributed by atoms with van der Waals surface area (Å²) in [6.07, 6.45) is 2.27. The molecule has 0 amide bonds. The van der Waals surface area contributed by atoms with E-state index in [0.717, 1.165) is 38.5 Å². The van der Waals surface area contributed by atoms with Crippen LogP contribution >= 0.6 is 0 Å². The van der Waals surface area contributed by atoms with Gasteiger partial charge in [-0.15, -0.1) is 0 Å². The monoisotopic (exact) mass is 226 g/mol. The third kappa shape index (κ3) is 2.92. The zero-order valence-corrected chi connectivity index (χ0v) is 9.10. The van der Waals surface area contributed by atoms with Crippen LogP contribution in [-0.2, 0) is 0 Å². The molecular formula is C12H16F2N2. The van der Waals surface area contributed by atoms with Crippen LogP contribution in [-0.4, -0.2) is 19.6 Å². The molecule has 88 valence electrons. The van der Waals surface area contributed by atoms with E-state index in [1.54, 1.807) is 6.07 Å². The predicted octanol–water partition coefficient (Wildman–Crippen LogP) is 2.38. The minimum absolute atomic E-state index is 0.620.